The number of aromatic nitrogens is 4. The zero-order valence-corrected chi connectivity index (χ0v) is 18.1. The topological polar surface area (TPSA) is 113 Å². The van der Waals surface area contributed by atoms with Crippen molar-refractivity contribution in [2.24, 2.45) is 0 Å². The molecule has 0 fully saturated rings. The largest absolute Gasteiger partial charge is 0.478 e. The Hall–Kier alpha value is -4.27. The predicted molar refractivity (Wildman–Crippen MR) is 119 cm³/mol. The Morgan fingerprint density at radius 2 is 1.85 bits per heavy atom. The lowest BCUT2D eigenvalue weighted by Crippen LogP contribution is -2.24. The molecule has 33 heavy (non-hydrogen) atoms. The molecule has 4 aromatic rings. The van der Waals surface area contributed by atoms with Gasteiger partial charge in [-0.15, -0.1) is 0 Å². The second-order valence-electron chi connectivity index (χ2n) is 7.75. The molecule has 0 saturated carbocycles. The van der Waals surface area contributed by atoms with Crippen molar-refractivity contribution in [1.82, 2.24) is 25.1 Å². The molecule has 168 valence electrons. The quantitative estimate of drug-likeness (QED) is 0.400. The van der Waals surface area contributed by atoms with Gasteiger partial charge in [0.25, 0.3) is 5.91 Å². The fraction of sp³-hybridized carbons (Fsp3) is 0.167. The van der Waals surface area contributed by atoms with E-state index in [0.717, 1.165) is 22.4 Å². The monoisotopic (exact) mass is 447 g/mol. The molecule has 0 aliphatic heterocycles. The Morgan fingerprint density at radius 1 is 1.12 bits per heavy atom. The van der Waals surface area contributed by atoms with Crippen molar-refractivity contribution in [2.45, 2.75) is 26.9 Å². The Morgan fingerprint density at radius 3 is 2.55 bits per heavy atom. The van der Waals surface area contributed by atoms with E-state index in [1.165, 1.54) is 18.2 Å². The van der Waals surface area contributed by atoms with Crippen molar-refractivity contribution in [1.29, 1.82) is 0 Å². The van der Waals surface area contributed by atoms with Crippen LogP contribution in [0.4, 0.5) is 4.39 Å². The van der Waals surface area contributed by atoms with Gasteiger partial charge in [0.2, 0.25) is 0 Å². The van der Waals surface area contributed by atoms with Gasteiger partial charge in [-0.3, -0.25) is 9.48 Å². The molecule has 4 rings (SSSR count). The van der Waals surface area contributed by atoms with Crippen molar-refractivity contribution in [3.05, 3.63) is 94.4 Å². The summed E-state index contributed by atoms with van der Waals surface area (Å²) < 4.78 is 15.2. The summed E-state index contributed by atoms with van der Waals surface area (Å²) in [5.74, 6) is -1.44. The predicted octanol–water partition coefficient (Wildman–Crippen LogP) is 3.71. The first-order chi connectivity index (χ1) is 15.8. The van der Waals surface area contributed by atoms with Gasteiger partial charge in [0, 0.05) is 24.0 Å². The van der Waals surface area contributed by atoms with Crippen molar-refractivity contribution in [3.63, 3.8) is 0 Å². The van der Waals surface area contributed by atoms with Gasteiger partial charge in [0.15, 0.2) is 5.82 Å². The molecule has 0 unspecified atom stereocenters. The minimum absolute atomic E-state index is 0.173. The molecular formula is C24H22FN5O3. The summed E-state index contributed by atoms with van der Waals surface area (Å²) in [6.45, 7) is 4.27. The summed E-state index contributed by atoms with van der Waals surface area (Å²) in [6.07, 6.45) is 3.50. The van der Waals surface area contributed by atoms with Crippen LogP contribution >= 0.6 is 0 Å². The number of carbonyl (C=O) groups is 2. The number of carbonyl (C=O) groups excluding carboxylic acids is 1. The number of aromatic carboxylic acids is 1. The first-order valence-electron chi connectivity index (χ1n) is 10.2. The van der Waals surface area contributed by atoms with Gasteiger partial charge < -0.3 is 15.4 Å². The number of amides is 1. The van der Waals surface area contributed by atoms with Crippen molar-refractivity contribution >= 4 is 11.9 Å². The van der Waals surface area contributed by atoms with Crippen molar-refractivity contribution < 1.29 is 19.1 Å². The number of benzene rings is 2. The summed E-state index contributed by atoms with van der Waals surface area (Å²) in [5.41, 5.74) is 4.57. The van der Waals surface area contributed by atoms with Crippen LogP contribution in [-0.4, -0.2) is 36.7 Å². The number of imidazole rings is 1. The number of carboxylic acids is 1. The fourth-order valence-corrected chi connectivity index (χ4v) is 3.44. The third-order valence-electron chi connectivity index (χ3n) is 5.23. The molecule has 0 saturated heterocycles. The Bertz CT molecular complexity index is 1320. The minimum atomic E-state index is -1.000. The number of rotatable bonds is 7. The van der Waals surface area contributed by atoms with Crippen molar-refractivity contribution in [3.8, 4) is 11.3 Å². The lowest BCUT2D eigenvalue weighted by atomic mass is 10.1. The fourth-order valence-electron chi connectivity index (χ4n) is 3.44. The van der Waals surface area contributed by atoms with E-state index in [4.69, 9.17) is 5.11 Å². The lowest BCUT2D eigenvalue weighted by Gasteiger charge is -2.04. The molecule has 3 N–H and O–H groups in total. The smallest absolute Gasteiger partial charge is 0.335 e. The molecule has 1 amide bonds. The zero-order valence-electron chi connectivity index (χ0n) is 18.1. The molecule has 2 aromatic heterocycles. The Labute approximate surface area is 189 Å². The molecule has 9 heteroatoms. The third-order valence-corrected chi connectivity index (χ3v) is 5.23. The number of halogens is 1. The molecule has 0 bridgehead atoms. The van der Waals surface area contributed by atoms with Crippen LogP contribution in [0.2, 0.25) is 0 Å². The van der Waals surface area contributed by atoms with E-state index in [2.05, 4.69) is 20.4 Å². The summed E-state index contributed by atoms with van der Waals surface area (Å²) in [6, 6.07) is 11.2. The van der Waals surface area contributed by atoms with E-state index < -0.39 is 5.97 Å². The first kappa shape index (κ1) is 21.9. The van der Waals surface area contributed by atoms with Gasteiger partial charge in [0.1, 0.15) is 5.82 Å². The number of aromatic amines is 1. The van der Waals surface area contributed by atoms with Gasteiger partial charge in [-0.05, 0) is 48.7 Å². The molecule has 2 heterocycles. The number of hydrogen-bond donors (Lipinski definition) is 3. The normalized spacial score (nSPS) is 10.9. The highest BCUT2D eigenvalue weighted by molar-refractivity contribution is 5.91. The van der Waals surface area contributed by atoms with Gasteiger partial charge in [-0.25, -0.2) is 14.2 Å². The van der Waals surface area contributed by atoms with E-state index in [0.29, 0.717) is 17.8 Å². The van der Waals surface area contributed by atoms with Crippen molar-refractivity contribution in [2.75, 3.05) is 0 Å². The maximum Gasteiger partial charge on any atom is 0.335 e. The molecule has 0 atom stereocenters. The van der Waals surface area contributed by atoms with Crippen LogP contribution in [0.1, 0.15) is 43.4 Å². The maximum atomic E-state index is 13.5. The maximum absolute atomic E-state index is 13.5. The molecule has 0 aliphatic rings. The van der Waals surface area contributed by atoms with E-state index in [1.807, 2.05) is 13.1 Å². The highest BCUT2D eigenvalue weighted by Gasteiger charge is 2.16. The van der Waals surface area contributed by atoms with E-state index in [9.17, 15) is 14.0 Å². The zero-order chi connectivity index (χ0) is 23.5. The standard InChI is InChI=1S/C24H22FN5O3/c1-14-9-17(5-8-20(14)25)12-30-13-19(11-27-30)21-15(2)28-22(29-21)23(31)26-10-16-3-6-18(7-4-16)24(32)33/h3-9,11,13H,10,12H2,1-2H3,(H,26,31)(H,28,29)(H,32,33). The number of nitrogens with zero attached hydrogens (tertiary/aromatic N) is 3. The molecule has 2 aromatic carbocycles. The van der Waals surface area contributed by atoms with Crippen LogP contribution < -0.4 is 5.32 Å². The van der Waals surface area contributed by atoms with Crippen LogP contribution in [0.15, 0.2) is 54.9 Å². The second kappa shape index (κ2) is 9.07. The summed E-state index contributed by atoms with van der Waals surface area (Å²) in [5, 5.41) is 16.1. The molecule has 8 nitrogen and oxygen atoms in total. The molecular weight excluding hydrogens is 425 g/mol. The van der Waals surface area contributed by atoms with Crippen LogP contribution in [-0.2, 0) is 13.1 Å². The highest BCUT2D eigenvalue weighted by Crippen LogP contribution is 2.21. The van der Waals surface area contributed by atoms with E-state index in [-0.39, 0.29) is 29.7 Å². The molecule has 0 radical (unpaired) electrons. The van der Waals surface area contributed by atoms with Crippen LogP contribution in [0.5, 0.6) is 0 Å². The van der Waals surface area contributed by atoms with E-state index >= 15 is 0 Å². The third kappa shape index (κ3) is 4.98. The summed E-state index contributed by atoms with van der Waals surface area (Å²) >= 11 is 0. The average Bonchev–Trinajstić information content (AvgIpc) is 3.41. The molecule has 0 spiro atoms. The second-order valence-corrected chi connectivity index (χ2v) is 7.75. The summed E-state index contributed by atoms with van der Waals surface area (Å²) in [7, 11) is 0. The van der Waals surface area contributed by atoms with Crippen LogP contribution in [0.25, 0.3) is 11.3 Å². The van der Waals surface area contributed by atoms with E-state index in [1.54, 1.807) is 42.1 Å². The Kier molecular flexibility index (Phi) is 6.03. The minimum Gasteiger partial charge on any atom is -0.478 e. The highest BCUT2D eigenvalue weighted by atomic mass is 19.1. The van der Waals surface area contributed by atoms with Gasteiger partial charge in [-0.1, -0.05) is 24.3 Å². The Balaban J connectivity index is 1.43. The number of aryl methyl sites for hydroxylation is 2. The number of nitrogens with one attached hydrogen (secondary N) is 2. The number of hydrogen-bond acceptors (Lipinski definition) is 4. The average molecular weight is 447 g/mol. The van der Waals surface area contributed by atoms with Crippen LogP contribution in [0, 0.1) is 19.7 Å². The van der Waals surface area contributed by atoms with Gasteiger partial charge in [0.05, 0.1) is 24.0 Å². The van der Waals surface area contributed by atoms with Crippen LogP contribution in [0.3, 0.4) is 0 Å². The molecule has 0 aliphatic carbocycles. The number of H-pyrrole nitrogens is 1. The summed E-state index contributed by atoms with van der Waals surface area (Å²) in [4.78, 5) is 30.9. The number of carboxylic acid groups (broad SMARTS) is 1. The lowest BCUT2D eigenvalue weighted by molar-refractivity contribution is 0.0696. The van der Waals surface area contributed by atoms with Gasteiger partial charge >= 0.3 is 5.97 Å². The first-order valence-corrected chi connectivity index (χ1v) is 10.2. The van der Waals surface area contributed by atoms with Gasteiger partial charge in [-0.2, -0.15) is 5.10 Å². The SMILES string of the molecule is Cc1cc(Cn2cc(-c3nc(C(=O)NCc4ccc(C(=O)O)cc4)[nH]c3C)cn2)ccc1F.